The average Bonchev–Trinajstić information content (AvgIpc) is 3.31. The predicted octanol–water partition coefficient (Wildman–Crippen LogP) is 5.03. The van der Waals surface area contributed by atoms with E-state index in [1.54, 1.807) is 11.3 Å². The normalized spacial score (nSPS) is 15.7. The van der Waals surface area contributed by atoms with Crippen molar-refractivity contribution >= 4 is 60.8 Å². The van der Waals surface area contributed by atoms with Crippen molar-refractivity contribution < 1.29 is 9.90 Å². The van der Waals surface area contributed by atoms with Crippen LogP contribution in [-0.4, -0.2) is 32.9 Å². The summed E-state index contributed by atoms with van der Waals surface area (Å²) < 4.78 is 1.08. The quantitative estimate of drug-likeness (QED) is 0.600. The van der Waals surface area contributed by atoms with Gasteiger partial charge in [0.1, 0.15) is 10.1 Å². The molecular weight excluding hydrogens is 366 g/mol. The van der Waals surface area contributed by atoms with Crippen LogP contribution in [0.3, 0.4) is 0 Å². The maximum atomic E-state index is 11.0. The summed E-state index contributed by atoms with van der Waals surface area (Å²) >= 11 is 3.00. The van der Waals surface area contributed by atoms with Gasteiger partial charge in [-0.05, 0) is 23.6 Å². The van der Waals surface area contributed by atoms with Crippen LogP contribution < -0.4 is 5.73 Å². The highest BCUT2D eigenvalue weighted by Gasteiger charge is 2.27. The molecule has 1 atom stereocenters. The van der Waals surface area contributed by atoms with E-state index in [-0.39, 0.29) is 0 Å². The highest BCUT2D eigenvalue weighted by atomic mass is 32.2. The molecule has 0 saturated heterocycles. The van der Waals surface area contributed by atoms with Gasteiger partial charge in [-0.25, -0.2) is 9.78 Å². The zero-order valence-corrected chi connectivity index (χ0v) is 16.9. The number of carboxylic acids is 1. The number of benzene rings is 2. The molecule has 0 spiro atoms. The van der Waals surface area contributed by atoms with Crippen molar-refractivity contribution in [1.29, 1.82) is 0 Å². The topological polar surface area (TPSA) is 88.6 Å². The molecule has 0 bridgehead atoms. The number of anilines is 1. The number of nitrogen functional groups attached to an aromatic ring is 1. The molecule has 1 unspecified atom stereocenters. The number of aliphatic imine (C=N–C) groups is 1. The van der Waals surface area contributed by atoms with E-state index in [2.05, 4.69) is 9.98 Å². The lowest BCUT2D eigenvalue weighted by atomic mass is 10.1. The molecule has 1 aliphatic heterocycles. The third-order valence-corrected chi connectivity index (χ3v) is 5.81. The van der Waals surface area contributed by atoms with Crippen LogP contribution in [0.2, 0.25) is 0 Å². The SMILES string of the molecule is CC.CC.Nc1ccc2c(ccc3nc(C4=NC(C(=O)O)CS4)sc32)c1. The minimum absolute atomic E-state index is 0.470. The summed E-state index contributed by atoms with van der Waals surface area (Å²) in [6, 6.07) is 9.12. The number of aliphatic carboxylic acids is 1. The van der Waals surface area contributed by atoms with Crippen molar-refractivity contribution in [3.63, 3.8) is 0 Å². The number of nitrogens with zero attached hydrogens (tertiary/aromatic N) is 2. The highest BCUT2D eigenvalue weighted by molar-refractivity contribution is 8.15. The molecule has 2 heterocycles. The maximum absolute atomic E-state index is 11.0. The van der Waals surface area contributed by atoms with Crippen LogP contribution in [0, 0.1) is 0 Å². The minimum Gasteiger partial charge on any atom is -0.480 e. The molecule has 1 aromatic heterocycles. The largest absolute Gasteiger partial charge is 0.480 e. The predicted molar refractivity (Wildman–Crippen MR) is 115 cm³/mol. The monoisotopic (exact) mass is 389 g/mol. The fraction of sp³-hybridized carbons (Fsp3) is 0.316. The first-order valence-electron chi connectivity index (χ1n) is 8.64. The minimum atomic E-state index is -0.885. The summed E-state index contributed by atoms with van der Waals surface area (Å²) in [6.45, 7) is 8.00. The lowest BCUT2D eigenvalue weighted by Gasteiger charge is -1.99. The van der Waals surface area contributed by atoms with Crippen LogP contribution in [0.5, 0.6) is 0 Å². The van der Waals surface area contributed by atoms with Gasteiger partial charge < -0.3 is 10.8 Å². The van der Waals surface area contributed by atoms with Gasteiger partial charge in [0.05, 0.1) is 10.2 Å². The van der Waals surface area contributed by atoms with Gasteiger partial charge in [0.15, 0.2) is 6.04 Å². The standard InChI is InChI=1S/C15H11N3O2S2.2C2H6/c16-8-2-3-9-7(5-8)1-4-10-12(9)22-14(17-10)13-18-11(6-21-13)15(19)20;2*1-2/h1-5,11H,6,16H2,(H,19,20);2*1-2H3. The Morgan fingerprint density at radius 3 is 2.58 bits per heavy atom. The molecular formula is C19H23N3O2S2. The number of hydrogen-bond donors (Lipinski definition) is 2. The lowest BCUT2D eigenvalue weighted by Crippen LogP contribution is -2.17. The van der Waals surface area contributed by atoms with Crippen molar-refractivity contribution in [1.82, 2.24) is 4.98 Å². The van der Waals surface area contributed by atoms with Gasteiger partial charge in [0.2, 0.25) is 0 Å². The van der Waals surface area contributed by atoms with E-state index in [0.717, 1.165) is 36.7 Å². The van der Waals surface area contributed by atoms with Gasteiger partial charge in [0, 0.05) is 16.8 Å². The number of carbonyl (C=O) groups is 1. The first-order chi connectivity index (χ1) is 12.6. The average molecular weight is 390 g/mol. The smallest absolute Gasteiger partial charge is 0.329 e. The van der Waals surface area contributed by atoms with Crippen LogP contribution in [0.15, 0.2) is 35.3 Å². The molecule has 3 N–H and O–H groups in total. The van der Waals surface area contributed by atoms with E-state index in [1.165, 1.54) is 11.8 Å². The molecule has 26 heavy (non-hydrogen) atoms. The van der Waals surface area contributed by atoms with Crippen molar-refractivity contribution in [2.24, 2.45) is 4.99 Å². The Labute approximate surface area is 161 Å². The molecule has 4 rings (SSSR count). The number of thioether (sulfide) groups is 1. The first kappa shape index (κ1) is 20.2. The maximum Gasteiger partial charge on any atom is 0.329 e. The van der Waals surface area contributed by atoms with Crippen molar-refractivity contribution in [3.05, 3.63) is 35.3 Å². The number of hydrogen-bond acceptors (Lipinski definition) is 6. The molecule has 1 aliphatic rings. The number of fused-ring (bicyclic) bond motifs is 3. The van der Waals surface area contributed by atoms with Crippen LogP contribution in [0.4, 0.5) is 5.69 Å². The molecule has 3 aromatic rings. The molecule has 0 aliphatic carbocycles. The van der Waals surface area contributed by atoms with Crippen LogP contribution >= 0.6 is 23.1 Å². The molecule has 0 fully saturated rings. The van der Waals surface area contributed by atoms with Gasteiger partial charge >= 0.3 is 5.97 Å². The van der Waals surface area contributed by atoms with E-state index in [9.17, 15) is 4.79 Å². The van der Waals surface area contributed by atoms with E-state index >= 15 is 0 Å². The van der Waals surface area contributed by atoms with Gasteiger partial charge in [-0.15, -0.1) is 23.1 Å². The van der Waals surface area contributed by atoms with Crippen molar-refractivity contribution in [2.45, 2.75) is 33.7 Å². The Kier molecular flexibility index (Phi) is 6.99. The lowest BCUT2D eigenvalue weighted by molar-refractivity contribution is -0.137. The second kappa shape index (κ2) is 9.00. The summed E-state index contributed by atoms with van der Waals surface area (Å²) in [5.74, 6) is -0.415. The van der Waals surface area contributed by atoms with Gasteiger partial charge in [0.25, 0.3) is 0 Å². The molecule has 138 valence electrons. The summed E-state index contributed by atoms with van der Waals surface area (Å²) in [4.78, 5) is 19.9. The second-order valence-corrected chi connectivity index (χ2v) is 7.02. The van der Waals surface area contributed by atoms with Gasteiger partial charge in [-0.1, -0.05) is 39.8 Å². The Hall–Kier alpha value is -2.12. The number of thiazole rings is 1. The number of carboxylic acid groups (broad SMARTS) is 1. The molecule has 0 amide bonds. The molecule has 0 radical (unpaired) electrons. The summed E-state index contributed by atoms with van der Waals surface area (Å²) in [7, 11) is 0. The first-order valence-corrected chi connectivity index (χ1v) is 10.4. The van der Waals surface area contributed by atoms with Gasteiger partial charge in [-0.3, -0.25) is 4.99 Å². The van der Waals surface area contributed by atoms with Crippen LogP contribution in [-0.2, 0) is 4.79 Å². The number of aromatic nitrogens is 1. The van der Waals surface area contributed by atoms with E-state index in [1.807, 2.05) is 58.0 Å². The number of nitrogens with two attached hydrogens (primary N) is 1. The van der Waals surface area contributed by atoms with E-state index < -0.39 is 12.0 Å². The third-order valence-electron chi connectivity index (χ3n) is 3.51. The second-order valence-electron chi connectivity index (χ2n) is 5.01. The van der Waals surface area contributed by atoms with Crippen molar-refractivity contribution in [2.75, 3.05) is 11.5 Å². The Morgan fingerprint density at radius 2 is 1.92 bits per heavy atom. The zero-order valence-electron chi connectivity index (χ0n) is 15.3. The summed E-state index contributed by atoms with van der Waals surface area (Å²) in [5.41, 5.74) is 7.46. The fourth-order valence-electron chi connectivity index (χ4n) is 2.44. The van der Waals surface area contributed by atoms with Gasteiger partial charge in [-0.2, -0.15) is 0 Å². The highest BCUT2D eigenvalue weighted by Crippen LogP contribution is 2.34. The Balaban J connectivity index is 0.000000570. The summed E-state index contributed by atoms with van der Waals surface area (Å²) in [5, 5.41) is 12.7. The van der Waals surface area contributed by atoms with E-state index in [4.69, 9.17) is 10.8 Å². The third kappa shape index (κ3) is 3.99. The van der Waals surface area contributed by atoms with Crippen LogP contribution in [0.25, 0.3) is 21.0 Å². The van der Waals surface area contributed by atoms with E-state index in [0.29, 0.717) is 5.75 Å². The Bertz CT molecular complexity index is 951. The van der Waals surface area contributed by atoms with Crippen LogP contribution in [0.1, 0.15) is 32.7 Å². The van der Waals surface area contributed by atoms with Crippen molar-refractivity contribution in [3.8, 4) is 0 Å². The summed E-state index contributed by atoms with van der Waals surface area (Å²) in [6.07, 6.45) is 0. The fourth-order valence-corrected chi connectivity index (χ4v) is 4.64. The number of rotatable bonds is 2. The molecule has 7 heteroatoms. The molecule has 5 nitrogen and oxygen atoms in total. The zero-order chi connectivity index (χ0) is 19.3. The molecule has 2 aromatic carbocycles. The Morgan fingerprint density at radius 1 is 1.19 bits per heavy atom. The molecule has 0 saturated carbocycles.